The lowest BCUT2D eigenvalue weighted by atomic mass is 9.92. The minimum atomic E-state index is -0.523. The van der Waals surface area contributed by atoms with E-state index in [-0.39, 0.29) is 34.9 Å². The Hall–Kier alpha value is -10.9. The van der Waals surface area contributed by atoms with Crippen LogP contribution in [0.3, 0.4) is 0 Å². The van der Waals surface area contributed by atoms with E-state index in [0.29, 0.717) is 65.0 Å². The van der Waals surface area contributed by atoms with Gasteiger partial charge in [-0.2, -0.15) is 0 Å². The van der Waals surface area contributed by atoms with E-state index in [1.54, 1.807) is 48.8 Å². The summed E-state index contributed by atoms with van der Waals surface area (Å²) in [6.45, 7) is 8.65. The molecule has 0 saturated carbocycles. The zero-order chi connectivity index (χ0) is 72.8. The van der Waals surface area contributed by atoms with Crippen molar-refractivity contribution in [1.82, 2.24) is 4.98 Å². The fourth-order valence-corrected chi connectivity index (χ4v) is 14.2. The zero-order valence-corrected chi connectivity index (χ0v) is 60.6. The number of benzene rings is 10. The van der Waals surface area contributed by atoms with Crippen LogP contribution in [0.15, 0.2) is 258 Å². The molecule has 4 N–H and O–H groups in total. The molecule has 3 aliphatic rings. The molecule has 522 valence electrons. The number of fused-ring (bicyclic) bond motifs is 3. The lowest BCUT2D eigenvalue weighted by Crippen LogP contribution is -2.23. The fourth-order valence-electron chi connectivity index (χ4n) is 13.6. The second-order valence-corrected chi connectivity index (χ2v) is 27.4. The maximum absolute atomic E-state index is 13.4. The van der Waals surface area contributed by atoms with Gasteiger partial charge in [-0.05, 0) is 202 Å². The lowest BCUT2D eigenvalue weighted by molar-refractivity contribution is -0.120. The van der Waals surface area contributed by atoms with E-state index < -0.39 is 18.1 Å². The number of aryl methyl sites for hydroxylation is 4. The van der Waals surface area contributed by atoms with Crippen LogP contribution < -0.4 is 10.6 Å². The SMILES string of the molecule is CCc1ccc(CC2N=C(c3ccc(NC(=O)Nc4cccnc4)cc3)c3cc(Cl)ccc3CC2=O)cc1CC.CCc1ccc(CC2N=C(c3ccc(O)cc3)c3cc(Cl)ccc3CC2=O)cc1CC.O=C1Cc2ccc(Cl)cc2C(c2ccc(O)cc2)=NC1Cc1ccccc1-c1ccccc1. The highest BCUT2D eigenvalue weighted by Gasteiger charge is 2.31. The Kier molecular flexibility index (Phi) is 23.8. The number of amides is 2. The molecule has 104 heavy (non-hydrogen) atoms. The van der Waals surface area contributed by atoms with Gasteiger partial charge >= 0.3 is 6.03 Å². The van der Waals surface area contributed by atoms with E-state index >= 15 is 0 Å². The summed E-state index contributed by atoms with van der Waals surface area (Å²) in [6, 6.07) is 71.2. The Balaban J connectivity index is 0.000000148. The number of aromatic hydroxyl groups is 2. The van der Waals surface area contributed by atoms with Crippen molar-refractivity contribution in [1.29, 1.82) is 0 Å². The van der Waals surface area contributed by atoms with E-state index in [2.05, 4.69) is 104 Å². The molecule has 0 spiro atoms. The predicted molar refractivity (Wildman–Crippen MR) is 422 cm³/mol. The van der Waals surface area contributed by atoms with Crippen molar-refractivity contribution in [3.8, 4) is 22.6 Å². The van der Waals surface area contributed by atoms with E-state index in [0.717, 1.165) is 121 Å². The average Bonchev–Trinajstić information content (AvgIpc) is 1.64. The fraction of sp³-hybridized carbons (Fsp3) is 0.191. The number of halogens is 3. The summed E-state index contributed by atoms with van der Waals surface area (Å²) < 4.78 is 0. The zero-order valence-electron chi connectivity index (χ0n) is 58.3. The van der Waals surface area contributed by atoms with Gasteiger partial charge in [-0.1, -0.05) is 184 Å². The molecule has 4 heterocycles. The molecule has 1 aromatic heterocycles. The van der Waals surface area contributed by atoms with E-state index in [9.17, 15) is 29.4 Å². The van der Waals surface area contributed by atoms with Gasteiger partial charge in [-0.3, -0.25) is 34.3 Å². The standard InChI is InChI=1S/C33H31ClN4O2.C29H22ClNO2.C27H26ClNO2/c1-3-22-8-7-21(16-23(22)4-2)17-30-31(39)18-25-9-12-26(34)19-29(25)32(38-30)24-10-13-27(14-11-24)36-33(40)37-28-6-5-15-35-20-28;30-23-13-10-22-17-28(33)27(31-29(26(22)18-23)20-11-14-24(32)15-12-20)16-21-8-4-5-9-25(21)19-6-2-1-3-7-19;1-3-18-6-5-17(13-19(18)4-2)14-25-26(31)15-21-7-10-22(28)16-24(21)27(29-25)20-8-11-23(30)12-9-20/h5-16,19-20,30H,3-4,17-18H2,1-2H3,(H2,36,37,40);1-15,18,27,32H,16-17H2;5-13,16,25,30H,3-4,14-15H2,1-2H3. The number of nitrogens with one attached hydrogen (secondary N) is 2. The van der Waals surface area contributed by atoms with Crippen LogP contribution in [-0.2, 0) is 78.6 Å². The average molecular weight is 1440 g/mol. The number of rotatable bonds is 16. The number of urea groups is 1. The Labute approximate surface area is 622 Å². The number of nitrogens with zero attached hydrogens (tertiary/aromatic N) is 4. The van der Waals surface area contributed by atoms with Crippen molar-refractivity contribution in [3.63, 3.8) is 0 Å². The number of Topliss-reactive ketones (excluding diaryl/α,β-unsaturated/α-hetero) is 3. The first-order valence-corrected chi connectivity index (χ1v) is 36.3. The summed E-state index contributed by atoms with van der Waals surface area (Å²) in [5.41, 5.74) is 22.2. The summed E-state index contributed by atoms with van der Waals surface area (Å²) in [4.78, 5) is 71.4. The molecule has 3 aliphatic heterocycles. The van der Waals surface area contributed by atoms with Crippen molar-refractivity contribution in [2.75, 3.05) is 10.6 Å². The van der Waals surface area contributed by atoms with Crippen LogP contribution in [0, 0.1) is 0 Å². The Morgan fingerprint density at radius 2 is 0.788 bits per heavy atom. The summed E-state index contributed by atoms with van der Waals surface area (Å²) in [5, 5.41) is 26.9. The second-order valence-electron chi connectivity index (χ2n) is 26.1. The maximum atomic E-state index is 13.4. The van der Waals surface area contributed by atoms with Crippen molar-refractivity contribution in [2.24, 2.45) is 15.0 Å². The van der Waals surface area contributed by atoms with Gasteiger partial charge < -0.3 is 20.8 Å². The number of anilines is 2. The summed E-state index contributed by atoms with van der Waals surface area (Å²) in [7, 11) is 0. The van der Waals surface area contributed by atoms with Gasteiger partial charge in [0.15, 0.2) is 17.3 Å². The van der Waals surface area contributed by atoms with Crippen molar-refractivity contribution in [2.45, 2.75) is 110 Å². The third-order valence-electron chi connectivity index (χ3n) is 19.1. The molecule has 14 rings (SSSR count). The largest absolute Gasteiger partial charge is 0.508 e. The lowest BCUT2D eigenvalue weighted by Gasteiger charge is -2.15. The Bertz CT molecular complexity index is 5060. The van der Waals surface area contributed by atoms with E-state index in [1.165, 1.54) is 22.3 Å². The Morgan fingerprint density at radius 1 is 0.385 bits per heavy atom. The van der Waals surface area contributed by atoms with Crippen molar-refractivity contribution in [3.05, 3.63) is 347 Å². The second kappa shape index (κ2) is 33.9. The molecule has 12 nitrogen and oxygen atoms in total. The van der Waals surface area contributed by atoms with Gasteiger partial charge in [-0.15, -0.1) is 0 Å². The number of carbonyl (C=O) groups is 4. The Morgan fingerprint density at radius 3 is 1.21 bits per heavy atom. The van der Waals surface area contributed by atoms with Crippen LogP contribution in [0.4, 0.5) is 16.2 Å². The summed E-state index contributed by atoms with van der Waals surface area (Å²) >= 11 is 19.0. The maximum Gasteiger partial charge on any atom is 0.323 e. The molecule has 11 aromatic rings. The quantitative estimate of drug-likeness (QED) is 0.0742. The third-order valence-corrected chi connectivity index (χ3v) is 19.8. The summed E-state index contributed by atoms with van der Waals surface area (Å²) in [6.07, 6.45) is 9.68. The smallest absolute Gasteiger partial charge is 0.323 e. The van der Waals surface area contributed by atoms with Crippen LogP contribution in [0.1, 0.15) is 117 Å². The number of hydrogen-bond acceptors (Lipinski definition) is 10. The third kappa shape index (κ3) is 17.9. The minimum absolute atomic E-state index is 0.0789. The van der Waals surface area contributed by atoms with Gasteiger partial charge in [-0.25, -0.2) is 4.79 Å². The van der Waals surface area contributed by atoms with Crippen LogP contribution in [0.5, 0.6) is 11.5 Å². The van der Waals surface area contributed by atoms with E-state index in [4.69, 9.17) is 49.8 Å². The highest BCUT2D eigenvalue weighted by Crippen LogP contribution is 2.33. The highest BCUT2D eigenvalue weighted by atomic mass is 35.5. The number of phenols is 2. The molecular formula is C89H79Cl3N6O6. The predicted octanol–water partition coefficient (Wildman–Crippen LogP) is 19.1. The highest BCUT2D eigenvalue weighted by molar-refractivity contribution is 6.32. The van der Waals surface area contributed by atoms with E-state index in [1.807, 2.05) is 133 Å². The first kappa shape index (κ1) is 72.9. The van der Waals surface area contributed by atoms with Gasteiger partial charge in [0.2, 0.25) is 0 Å². The van der Waals surface area contributed by atoms with Crippen LogP contribution in [-0.4, -0.2) is 73.8 Å². The number of pyridine rings is 1. The van der Waals surface area contributed by atoms with Crippen LogP contribution in [0.25, 0.3) is 11.1 Å². The van der Waals surface area contributed by atoms with Crippen LogP contribution in [0.2, 0.25) is 15.1 Å². The molecule has 15 heteroatoms. The van der Waals surface area contributed by atoms with Crippen LogP contribution >= 0.6 is 34.8 Å². The number of ketones is 3. The number of hydrogen-bond donors (Lipinski definition) is 4. The molecule has 0 aliphatic carbocycles. The molecule has 0 fully saturated rings. The number of aromatic nitrogens is 1. The molecule has 2 amide bonds. The van der Waals surface area contributed by atoms with Crippen molar-refractivity contribution < 1.29 is 29.4 Å². The normalized spacial score (nSPS) is 15.3. The first-order valence-electron chi connectivity index (χ1n) is 35.2. The molecule has 3 atom stereocenters. The topological polar surface area (TPSA) is 183 Å². The molecule has 0 radical (unpaired) electrons. The van der Waals surface area contributed by atoms with Crippen molar-refractivity contribution >= 4 is 86.7 Å². The first-order chi connectivity index (χ1) is 50.5. The van der Waals surface area contributed by atoms with Gasteiger partial charge in [0, 0.05) is 98.9 Å². The molecular weight excluding hydrogens is 1360 g/mol. The number of phenolic OH excluding ortho intramolecular Hbond substituents is 2. The molecule has 0 saturated heterocycles. The summed E-state index contributed by atoms with van der Waals surface area (Å²) in [5.74, 6) is 0.649. The number of carbonyl (C=O) groups excluding carboxylic acids is 4. The van der Waals surface area contributed by atoms with Gasteiger partial charge in [0.05, 0.1) is 29.0 Å². The molecule has 0 bridgehead atoms. The monoisotopic (exact) mass is 1430 g/mol. The number of aliphatic imine (C=N–C) groups is 3. The molecule has 3 unspecified atom stereocenters. The molecule has 10 aromatic carbocycles. The van der Waals surface area contributed by atoms with Gasteiger partial charge in [0.25, 0.3) is 0 Å². The minimum Gasteiger partial charge on any atom is -0.508 e. The van der Waals surface area contributed by atoms with Gasteiger partial charge in [0.1, 0.15) is 29.6 Å².